The summed E-state index contributed by atoms with van der Waals surface area (Å²) in [5.41, 5.74) is 1.13. The molecule has 98 valence electrons. The average molecular weight is 246 g/mol. The van der Waals surface area contributed by atoms with E-state index in [1.165, 1.54) is 19.3 Å². The Bertz CT molecular complexity index is 377. The number of carbonyl (C=O) groups excluding carboxylic acids is 1. The lowest BCUT2D eigenvalue weighted by atomic mass is 10.1. The van der Waals surface area contributed by atoms with Gasteiger partial charge in [0, 0.05) is 13.1 Å². The minimum Gasteiger partial charge on any atom is -0.338 e. The van der Waals surface area contributed by atoms with Gasteiger partial charge >= 0.3 is 6.03 Å². The van der Waals surface area contributed by atoms with Crippen LogP contribution in [0.2, 0.25) is 0 Å². The van der Waals surface area contributed by atoms with Crippen molar-refractivity contribution < 1.29 is 4.79 Å². The van der Waals surface area contributed by atoms with Crippen molar-refractivity contribution in [3.8, 4) is 0 Å². The summed E-state index contributed by atoms with van der Waals surface area (Å²) in [6.45, 7) is 3.69. The molecule has 2 rings (SSSR count). The fourth-order valence-corrected chi connectivity index (χ4v) is 2.59. The van der Waals surface area contributed by atoms with Crippen LogP contribution in [0.1, 0.15) is 31.7 Å². The number of hydrogen-bond donors (Lipinski definition) is 2. The van der Waals surface area contributed by atoms with Gasteiger partial charge in [-0.1, -0.05) is 43.7 Å². The zero-order valence-electron chi connectivity index (χ0n) is 11.0. The zero-order chi connectivity index (χ0) is 12.8. The Kier molecular flexibility index (Phi) is 4.62. The van der Waals surface area contributed by atoms with Gasteiger partial charge < -0.3 is 10.6 Å². The molecular formula is C15H22N2O. The van der Waals surface area contributed by atoms with Gasteiger partial charge in [0.05, 0.1) is 0 Å². The smallest absolute Gasteiger partial charge is 0.315 e. The lowest BCUT2D eigenvalue weighted by molar-refractivity contribution is 0.238. The monoisotopic (exact) mass is 246 g/mol. The quantitative estimate of drug-likeness (QED) is 0.842. The molecule has 18 heavy (non-hydrogen) atoms. The highest BCUT2D eigenvalue weighted by Crippen LogP contribution is 2.29. The number of rotatable bonds is 4. The summed E-state index contributed by atoms with van der Waals surface area (Å²) < 4.78 is 0. The maximum atomic E-state index is 11.6. The van der Waals surface area contributed by atoms with Crippen LogP contribution >= 0.6 is 0 Å². The van der Waals surface area contributed by atoms with E-state index in [-0.39, 0.29) is 6.03 Å². The molecule has 0 radical (unpaired) electrons. The van der Waals surface area contributed by atoms with Gasteiger partial charge in [0.25, 0.3) is 0 Å². The van der Waals surface area contributed by atoms with Crippen molar-refractivity contribution in [1.29, 1.82) is 0 Å². The molecule has 2 N–H and O–H groups in total. The van der Waals surface area contributed by atoms with Crippen LogP contribution in [0.25, 0.3) is 0 Å². The predicted octanol–water partition coefficient (Wildman–Crippen LogP) is 2.92. The third-order valence-corrected chi connectivity index (χ3v) is 3.65. The Morgan fingerprint density at radius 3 is 2.67 bits per heavy atom. The van der Waals surface area contributed by atoms with E-state index in [0.29, 0.717) is 12.5 Å². The molecule has 1 aromatic rings. The predicted molar refractivity (Wildman–Crippen MR) is 73.2 cm³/mol. The fourth-order valence-electron chi connectivity index (χ4n) is 2.59. The molecule has 0 aliphatic heterocycles. The highest BCUT2D eigenvalue weighted by atomic mass is 16.2. The molecule has 0 bridgehead atoms. The van der Waals surface area contributed by atoms with Crippen molar-refractivity contribution in [3.63, 3.8) is 0 Å². The van der Waals surface area contributed by atoms with Crippen molar-refractivity contribution in [1.82, 2.24) is 10.6 Å². The van der Waals surface area contributed by atoms with Crippen LogP contribution in [0, 0.1) is 11.8 Å². The first-order valence-electron chi connectivity index (χ1n) is 6.79. The molecule has 3 nitrogen and oxygen atoms in total. The third kappa shape index (κ3) is 4.06. The summed E-state index contributed by atoms with van der Waals surface area (Å²) in [6.07, 6.45) is 3.80. The molecule has 0 heterocycles. The van der Waals surface area contributed by atoms with Crippen LogP contribution < -0.4 is 10.6 Å². The summed E-state index contributed by atoms with van der Waals surface area (Å²) >= 11 is 0. The maximum Gasteiger partial charge on any atom is 0.315 e. The van der Waals surface area contributed by atoms with Gasteiger partial charge in [0.1, 0.15) is 0 Å². The van der Waals surface area contributed by atoms with E-state index in [1.54, 1.807) is 0 Å². The van der Waals surface area contributed by atoms with E-state index in [1.807, 2.05) is 30.3 Å². The highest BCUT2D eigenvalue weighted by Gasteiger charge is 2.21. The normalized spacial score (nSPS) is 22.7. The second-order valence-corrected chi connectivity index (χ2v) is 5.33. The van der Waals surface area contributed by atoms with E-state index in [4.69, 9.17) is 0 Å². The van der Waals surface area contributed by atoms with Gasteiger partial charge in [-0.3, -0.25) is 0 Å². The van der Waals surface area contributed by atoms with Gasteiger partial charge in [0.15, 0.2) is 0 Å². The summed E-state index contributed by atoms with van der Waals surface area (Å²) in [4.78, 5) is 11.6. The summed E-state index contributed by atoms with van der Waals surface area (Å²) in [5.74, 6) is 1.49. The Labute approximate surface area is 109 Å². The molecule has 1 aliphatic rings. The van der Waals surface area contributed by atoms with Gasteiger partial charge in [-0.2, -0.15) is 0 Å². The third-order valence-electron chi connectivity index (χ3n) is 3.65. The molecule has 3 heteroatoms. The van der Waals surface area contributed by atoms with Crippen molar-refractivity contribution in [3.05, 3.63) is 35.9 Å². The zero-order valence-corrected chi connectivity index (χ0v) is 11.0. The summed E-state index contributed by atoms with van der Waals surface area (Å²) in [5, 5.41) is 5.85. The summed E-state index contributed by atoms with van der Waals surface area (Å²) in [6, 6.07) is 9.91. The lowest BCUT2D eigenvalue weighted by Gasteiger charge is -2.12. The van der Waals surface area contributed by atoms with E-state index < -0.39 is 0 Å². The van der Waals surface area contributed by atoms with Crippen molar-refractivity contribution in [2.45, 2.75) is 32.7 Å². The Balaban J connectivity index is 1.63. The topological polar surface area (TPSA) is 41.1 Å². The molecule has 1 saturated carbocycles. The standard InChI is InChI=1S/C15H22N2O/c1-12-7-8-14(9-12)11-17-15(18)16-10-13-5-3-2-4-6-13/h2-6,12,14H,7-11H2,1H3,(H2,16,17,18). The molecule has 2 unspecified atom stereocenters. The van der Waals surface area contributed by atoms with Gasteiger partial charge in [-0.15, -0.1) is 0 Å². The molecule has 0 saturated heterocycles. The molecular weight excluding hydrogens is 224 g/mol. The van der Waals surface area contributed by atoms with Crippen molar-refractivity contribution in [2.75, 3.05) is 6.54 Å². The number of carbonyl (C=O) groups is 1. The number of urea groups is 1. The Morgan fingerprint density at radius 2 is 2.00 bits per heavy atom. The molecule has 0 aromatic heterocycles. The Morgan fingerprint density at radius 1 is 1.22 bits per heavy atom. The van der Waals surface area contributed by atoms with Crippen LogP contribution in [0.3, 0.4) is 0 Å². The van der Waals surface area contributed by atoms with E-state index >= 15 is 0 Å². The van der Waals surface area contributed by atoms with Gasteiger partial charge in [-0.25, -0.2) is 4.79 Å². The lowest BCUT2D eigenvalue weighted by Crippen LogP contribution is -2.37. The van der Waals surface area contributed by atoms with E-state index in [2.05, 4.69) is 17.6 Å². The van der Waals surface area contributed by atoms with Crippen LogP contribution in [-0.4, -0.2) is 12.6 Å². The Hall–Kier alpha value is -1.51. The van der Waals surface area contributed by atoms with E-state index in [9.17, 15) is 4.79 Å². The number of benzene rings is 1. The number of nitrogens with one attached hydrogen (secondary N) is 2. The van der Waals surface area contributed by atoms with Crippen LogP contribution in [0.4, 0.5) is 4.79 Å². The van der Waals surface area contributed by atoms with E-state index in [0.717, 1.165) is 18.0 Å². The fraction of sp³-hybridized carbons (Fsp3) is 0.533. The maximum absolute atomic E-state index is 11.6. The molecule has 0 spiro atoms. The van der Waals surface area contributed by atoms with Gasteiger partial charge in [-0.05, 0) is 30.2 Å². The average Bonchev–Trinajstić information content (AvgIpc) is 2.81. The minimum absolute atomic E-state index is 0.0570. The first-order chi connectivity index (χ1) is 8.74. The first kappa shape index (κ1) is 12.9. The second-order valence-electron chi connectivity index (χ2n) is 5.33. The molecule has 2 amide bonds. The molecule has 2 atom stereocenters. The SMILES string of the molecule is CC1CCC(CNC(=O)NCc2ccccc2)C1. The number of hydrogen-bond acceptors (Lipinski definition) is 1. The largest absolute Gasteiger partial charge is 0.338 e. The highest BCUT2D eigenvalue weighted by molar-refractivity contribution is 5.73. The molecule has 1 aliphatic carbocycles. The van der Waals surface area contributed by atoms with Gasteiger partial charge in [0.2, 0.25) is 0 Å². The van der Waals surface area contributed by atoms with Crippen LogP contribution in [0.5, 0.6) is 0 Å². The number of amides is 2. The summed E-state index contributed by atoms with van der Waals surface area (Å²) in [7, 11) is 0. The van der Waals surface area contributed by atoms with Crippen LogP contribution in [-0.2, 0) is 6.54 Å². The first-order valence-corrected chi connectivity index (χ1v) is 6.79. The van der Waals surface area contributed by atoms with Crippen LogP contribution in [0.15, 0.2) is 30.3 Å². The van der Waals surface area contributed by atoms with Crippen molar-refractivity contribution in [2.24, 2.45) is 11.8 Å². The van der Waals surface area contributed by atoms with Crippen molar-refractivity contribution >= 4 is 6.03 Å². The second kappa shape index (κ2) is 6.43. The molecule has 1 fully saturated rings. The molecule has 1 aromatic carbocycles. The minimum atomic E-state index is -0.0570.